The third-order valence-corrected chi connectivity index (χ3v) is 5.96. The fourth-order valence-corrected chi connectivity index (χ4v) is 4.85. The lowest BCUT2D eigenvalue weighted by molar-refractivity contribution is 0.0465. The number of thiophene rings is 1. The van der Waals surface area contributed by atoms with E-state index in [-0.39, 0.29) is 12.2 Å². The lowest BCUT2D eigenvalue weighted by atomic mass is 10.2. The minimum atomic E-state index is -0.445. The number of nitrogens with zero attached hydrogens (tertiary/aromatic N) is 1. The van der Waals surface area contributed by atoms with Gasteiger partial charge in [0, 0.05) is 22.0 Å². The monoisotopic (exact) mass is 365 g/mol. The van der Waals surface area contributed by atoms with Crippen LogP contribution in [0.5, 0.6) is 0 Å². The smallest absolute Gasteiger partial charge is 0.340 e. The van der Waals surface area contributed by atoms with Crippen molar-refractivity contribution in [2.75, 3.05) is 0 Å². The van der Waals surface area contributed by atoms with E-state index < -0.39 is 5.97 Å². The van der Waals surface area contributed by atoms with Crippen molar-refractivity contribution in [1.82, 2.24) is 15.0 Å². The highest BCUT2D eigenvalue weighted by molar-refractivity contribution is 7.18. The summed E-state index contributed by atoms with van der Waals surface area (Å²) in [6.45, 7) is -0.0634. The van der Waals surface area contributed by atoms with Gasteiger partial charge in [-0.05, 0) is 30.9 Å². The molecular weight excluding hydrogens is 350 g/mol. The molecule has 0 saturated carbocycles. The zero-order chi connectivity index (χ0) is 17.7. The van der Waals surface area contributed by atoms with Crippen LogP contribution in [0.1, 0.15) is 33.0 Å². The molecule has 6 nitrogen and oxygen atoms in total. The van der Waals surface area contributed by atoms with E-state index in [1.54, 1.807) is 17.5 Å². The zero-order valence-corrected chi connectivity index (χ0v) is 14.6. The molecule has 130 valence electrons. The summed E-state index contributed by atoms with van der Waals surface area (Å²) in [6, 6.07) is 7.53. The maximum atomic E-state index is 12.4. The predicted octanol–water partition coefficient (Wildman–Crippen LogP) is 3.31. The lowest BCUT2D eigenvalue weighted by Gasteiger charge is -2.04. The Balaban J connectivity index is 1.41. The minimum absolute atomic E-state index is 0.0634. The molecular formula is C19H15N3O3S. The molecule has 3 aromatic heterocycles. The summed E-state index contributed by atoms with van der Waals surface area (Å²) in [5, 5.41) is 1.51. The highest BCUT2D eigenvalue weighted by Gasteiger charge is 2.21. The third-order valence-electron chi connectivity index (χ3n) is 4.77. The van der Waals surface area contributed by atoms with Crippen molar-refractivity contribution in [3.05, 3.63) is 62.6 Å². The van der Waals surface area contributed by atoms with E-state index in [1.165, 1.54) is 4.88 Å². The van der Waals surface area contributed by atoms with Crippen LogP contribution < -0.4 is 5.56 Å². The minimum Gasteiger partial charge on any atom is -0.454 e. The second-order valence-corrected chi connectivity index (χ2v) is 7.46. The van der Waals surface area contributed by atoms with E-state index in [0.29, 0.717) is 16.8 Å². The number of para-hydroxylation sites is 1. The Morgan fingerprint density at radius 2 is 2.15 bits per heavy atom. The van der Waals surface area contributed by atoms with Gasteiger partial charge in [0.1, 0.15) is 17.3 Å². The summed E-state index contributed by atoms with van der Waals surface area (Å²) in [5.74, 6) is -0.0746. The number of hydrogen-bond acceptors (Lipinski definition) is 5. The number of aromatic nitrogens is 3. The van der Waals surface area contributed by atoms with E-state index in [1.807, 2.05) is 24.3 Å². The van der Waals surface area contributed by atoms with Crippen LogP contribution in [0.3, 0.4) is 0 Å². The second kappa shape index (κ2) is 5.81. The largest absolute Gasteiger partial charge is 0.454 e. The summed E-state index contributed by atoms with van der Waals surface area (Å²) in [6.07, 6.45) is 4.69. The molecule has 3 heterocycles. The summed E-state index contributed by atoms with van der Waals surface area (Å²) in [5.41, 5.74) is 2.34. The molecule has 7 heteroatoms. The fourth-order valence-electron chi connectivity index (χ4n) is 3.57. The second-order valence-electron chi connectivity index (χ2n) is 6.37. The first kappa shape index (κ1) is 15.3. The summed E-state index contributed by atoms with van der Waals surface area (Å²) in [4.78, 5) is 37.1. The van der Waals surface area contributed by atoms with E-state index in [9.17, 15) is 9.59 Å². The number of carbonyl (C=O) groups excluding carboxylic acids is 1. The van der Waals surface area contributed by atoms with Gasteiger partial charge >= 0.3 is 5.97 Å². The number of ether oxygens (including phenoxy) is 1. The van der Waals surface area contributed by atoms with Gasteiger partial charge < -0.3 is 14.7 Å². The number of esters is 1. The van der Waals surface area contributed by atoms with Crippen molar-refractivity contribution in [2.24, 2.45) is 0 Å². The highest BCUT2D eigenvalue weighted by atomic mass is 32.1. The van der Waals surface area contributed by atoms with Gasteiger partial charge in [0.2, 0.25) is 0 Å². The number of fused-ring (bicyclic) bond motifs is 4. The Hall–Kier alpha value is -2.93. The molecule has 0 aliphatic heterocycles. The number of hydrogen-bond donors (Lipinski definition) is 2. The molecule has 0 bridgehead atoms. The average molecular weight is 365 g/mol. The van der Waals surface area contributed by atoms with Gasteiger partial charge in [-0.25, -0.2) is 9.78 Å². The third kappa shape index (κ3) is 2.35. The van der Waals surface area contributed by atoms with E-state index in [0.717, 1.165) is 40.6 Å². The Bertz CT molecular complexity index is 1220. The number of nitrogens with one attached hydrogen (secondary N) is 2. The number of rotatable bonds is 3. The van der Waals surface area contributed by atoms with Crippen LogP contribution in [0.4, 0.5) is 0 Å². The number of H-pyrrole nitrogens is 2. The summed E-state index contributed by atoms with van der Waals surface area (Å²) < 4.78 is 5.37. The normalized spacial score (nSPS) is 13.4. The van der Waals surface area contributed by atoms with Gasteiger partial charge in [-0.2, -0.15) is 0 Å². The Morgan fingerprint density at radius 1 is 1.27 bits per heavy atom. The zero-order valence-electron chi connectivity index (χ0n) is 13.8. The number of benzene rings is 1. The molecule has 0 saturated heterocycles. The quantitative estimate of drug-likeness (QED) is 0.545. The molecule has 2 N–H and O–H groups in total. The number of aryl methyl sites for hydroxylation is 2. The van der Waals surface area contributed by atoms with Crippen molar-refractivity contribution in [2.45, 2.75) is 25.9 Å². The van der Waals surface area contributed by atoms with Crippen molar-refractivity contribution < 1.29 is 9.53 Å². The molecule has 0 unspecified atom stereocenters. The van der Waals surface area contributed by atoms with Gasteiger partial charge in [0.25, 0.3) is 5.56 Å². The first-order valence-electron chi connectivity index (χ1n) is 8.47. The fraction of sp³-hybridized carbons (Fsp3) is 0.211. The molecule has 0 atom stereocenters. The first-order chi connectivity index (χ1) is 12.7. The van der Waals surface area contributed by atoms with E-state index >= 15 is 0 Å². The maximum Gasteiger partial charge on any atom is 0.340 e. The molecule has 0 radical (unpaired) electrons. The molecule has 0 amide bonds. The van der Waals surface area contributed by atoms with Gasteiger partial charge in [0.15, 0.2) is 0 Å². The van der Waals surface area contributed by atoms with Crippen LogP contribution in [0.2, 0.25) is 0 Å². The van der Waals surface area contributed by atoms with Gasteiger partial charge in [0.05, 0.1) is 10.9 Å². The van der Waals surface area contributed by atoms with Gasteiger partial charge in [-0.15, -0.1) is 11.3 Å². The molecule has 1 aliphatic carbocycles. The van der Waals surface area contributed by atoms with Crippen LogP contribution in [0, 0.1) is 0 Å². The van der Waals surface area contributed by atoms with Crippen molar-refractivity contribution in [3.8, 4) is 0 Å². The Labute approximate surface area is 151 Å². The Kier molecular flexibility index (Phi) is 3.43. The summed E-state index contributed by atoms with van der Waals surface area (Å²) >= 11 is 1.57. The summed E-state index contributed by atoms with van der Waals surface area (Å²) in [7, 11) is 0. The van der Waals surface area contributed by atoms with E-state index in [2.05, 4.69) is 15.0 Å². The van der Waals surface area contributed by atoms with Crippen molar-refractivity contribution >= 4 is 38.4 Å². The molecule has 5 rings (SSSR count). The average Bonchev–Trinajstić information content (AvgIpc) is 3.33. The SMILES string of the molecule is O=C(OCc1nc2sc3c(c2c(=O)[nH]1)CCC3)c1c[nH]c2ccccc12. The molecule has 26 heavy (non-hydrogen) atoms. The highest BCUT2D eigenvalue weighted by Crippen LogP contribution is 2.34. The van der Waals surface area contributed by atoms with Crippen molar-refractivity contribution in [3.63, 3.8) is 0 Å². The van der Waals surface area contributed by atoms with Crippen LogP contribution in [-0.4, -0.2) is 20.9 Å². The first-order valence-corrected chi connectivity index (χ1v) is 9.29. The number of aromatic amines is 2. The molecule has 1 aliphatic rings. The number of carbonyl (C=O) groups is 1. The van der Waals surface area contributed by atoms with Crippen LogP contribution in [0.25, 0.3) is 21.1 Å². The molecule has 0 spiro atoms. The topological polar surface area (TPSA) is 87.8 Å². The lowest BCUT2D eigenvalue weighted by Crippen LogP contribution is -2.14. The Morgan fingerprint density at radius 3 is 3.08 bits per heavy atom. The van der Waals surface area contributed by atoms with Crippen LogP contribution in [-0.2, 0) is 24.2 Å². The van der Waals surface area contributed by atoms with Crippen LogP contribution >= 0.6 is 11.3 Å². The van der Waals surface area contributed by atoms with E-state index in [4.69, 9.17) is 4.74 Å². The maximum absolute atomic E-state index is 12.4. The predicted molar refractivity (Wildman–Crippen MR) is 99.7 cm³/mol. The van der Waals surface area contributed by atoms with Crippen LogP contribution in [0.15, 0.2) is 35.3 Å². The standard InChI is InChI=1S/C19H15N3O3S/c23-17-16-11-5-3-7-14(11)26-18(16)22-15(21-17)9-25-19(24)12-8-20-13-6-2-1-4-10(12)13/h1-2,4,6,8,20H,3,5,7,9H2,(H,21,22,23). The van der Waals surface area contributed by atoms with Crippen molar-refractivity contribution in [1.29, 1.82) is 0 Å². The molecule has 1 aromatic carbocycles. The van der Waals surface area contributed by atoms with Gasteiger partial charge in [-0.3, -0.25) is 4.79 Å². The molecule has 0 fully saturated rings. The molecule has 4 aromatic rings. The van der Waals surface area contributed by atoms with Gasteiger partial charge in [-0.1, -0.05) is 18.2 Å².